The van der Waals surface area contributed by atoms with Crippen molar-refractivity contribution in [3.63, 3.8) is 0 Å². The van der Waals surface area contributed by atoms with Crippen molar-refractivity contribution in [2.75, 3.05) is 11.1 Å². The summed E-state index contributed by atoms with van der Waals surface area (Å²) in [6.07, 6.45) is 0. The lowest BCUT2D eigenvalue weighted by atomic mass is 10.2. The number of amides is 1. The average Bonchev–Trinajstić information content (AvgIpc) is 2.37. The minimum absolute atomic E-state index is 0.150. The van der Waals surface area contributed by atoms with Gasteiger partial charge >= 0.3 is 0 Å². The predicted molar refractivity (Wildman–Crippen MR) is 70.2 cm³/mol. The van der Waals surface area contributed by atoms with Crippen molar-refractivity contribution in [1.29, 1.82) is 0 Å². The number of carbonyl (C=O) groups excluding carboxylic acids is 1. The molecule has 2 aromatic rings. The Morgan fingerprint density at radius 1 is 1.11 bits per heavy atom. The van der Waals surface area contributed by atoms with Crippen LogP contribution in [0.15, 0.2) is 36.4 Å². The highest BCUT2D eigenvalue weighted by atomic mass is 35.5. The molecule has 19 heavy (non-hydrogen) atoms. The lowest BCUT2D eigenvalue weighted by Gasteiger charge is -2.06. The molecule has 3 N–H and O–H groups in total. The summed E-state index contributed by atoms with van der Waals surface area (Å²) in [6, 6.07) is 7.45. The number of benzene rings is 2. The van der Waals surface area contributed by atoms with E-state index in [2.05, 4.69) is 5.32 Å². The fourth-order valence-corrected chi connectivity index (χ4v) is 1.63. The van der Waals surface area contributed by atoms with Gasteiger partial charge in [0.25, 0.3) is 5.91 Å². The topological polar surface area (TPSA) is 55.1 Å². The molecule has 2 aromatic carbocycles. The van der Waals surface area contributed by atoms with E-state index < -0.39 is 17.5 Å². The summed E-state index contributed by atoms with van der Waals surface area (Å²) < 4.78 is 25.7. The highest BCUT2D eigenvalue weighted by Gasteiger charge is 2.09. The number of nitrogens with two attached hydrogens (primary N) is 1. The number of hydrogen-bond acceptors (Lipinski definition) is 2. The number of rotatable bonds is 2. The first kappa shape index (κ1) is 13.3. The van der Waals surface area contributed by atoms with Gasteiger partial charge in [0.1, 0.15) is 0 Å². The number of nitrogen functional groups attached to an aromatic ring is 1. The van der Waals surface area contributed by atoms with E-state index in [1.807, 2.05) is 0 Å². The molecule has 0 aliphatic rings. The van der Waals surface area contributed by atoms with E-state index in [0.29, 0.717) is 5.69 Å². The summed E-state index contributed by atoms with van der Waals surface area (Å²) in [6.45, 7) is 0. The Morgan fingerprint density at radius 3 is 2.47 bits per heavy atom. The van der Waals surface area contributed by atoms with Gasteiger partial charge in [-0.1, -0.05) is 11.6 Å². The molecule has 3 nitrogen and oxygen atoms in total. The van der Waals surface area contributed by atoms with Crippen LogP contribution in [0.1, 0.15) is 10.4 Å². The van der Waals surface area contributed by atoms with Gasteiger partial charge in [0.15, 0.2) is 11.6 Å². The van der Waals surface area contributed by atoms with Crippen LogP contribution < -0.4 is 11.1 Å². The third kappa shape index (κ3) is 3.00. The van der Waals surface area contributed by atoms with Crippen LogP contribution in [0.25, 0.3) is 0 Å². The van der Waals surface area contributed by atoms with Gasteiger partial charge in [-0.15, -0.1) is 0 Å². The lowest BCUT2D eigenvalue weighted by molar-refractivity contribution is 0.102. The van der Waals surface area contributed by atoms with Gasteiger partial charge < -0.3 is 11.1 Å². The van der Waals surface area contributed by atoms with Gasteiger partial charge in [-0.05, 0) is 30.3 Å². The molecule has 0 spiro atoms. The quantitative estimate of drug-likeness (QED) is 0.829. The normalized spacial score (nSPS) is 10.3. The Bertz CT molecular complexity index is 647. The minimum atomic E-state index is -1.03. The summed E-state index contributed by atoms with van der Waals surface area (Å²) in [7, 11) is 0. The first-order chi connectivity index (χ1) is 8.97. The number of anilines is 2. The second-order valence-electron chi connectivity index (χ2n) is 3.82. The predicted octanol–water partition coefficient (Wildman–Crippen LogP) is 3.45. The zero-order valence-electron chi connectivity index (χ0n) is 9.58. The minimum Gasteiger partial charge on any atom is -0.398 e. The van der Waals surface area contributed by atoms with E-state index in [9.17, 15) is 13.6 Å². The molecule has 0 fully saturated rings. The number of nitrogens with one attached hydrogen (secondary N) is 1. The molecule has 0 atom stereocenters. The second kappa shape index (κ2) is 5.24. The van der Waals surface area contributed by atoms with Gasteiger partial charge in [-0.25, -0.2) is 8.78 Å². The third-order valence-electron chi connectivity index (χ3n) is 2.44. The number of halogens is 3. The van der Waals surface area contributed by atoms with Crippen LogP contribution in [0, 0.1) is 11.6 Å². The number of carbonyl (C=O) groups is 1. The van der Waals surface area contributed by atoms with Crippen molar-refractivity contribution in [2.24, 2.45) is 0 Å². The Labute approximate surface area is 113 Å². The fourth-order valence-electron chi connectivity index (χ4n) is 1.45. The highest BCUT2D eigenvalue weighted by Crippen LogP contribution is 2.21. The largest absolute Gasteiger partial charge is 0.398 e. The van der Waals surface area contributed by atoms with Crippen molar-refractivity contribution in [2.45, 2.75) is 0 Å². The second-order valence-corrected chi connectivity index (χ2v) is 4.23. The summed E-state index contributed by atoms with van der Waals surface area (Å²) in [4.78, 5) is 11.8. The molecule has 0 heterocycles. The molecule has 2 rings (SSSR count). The first-order valence-corrected chi connectivity index (χ1v) is 5.66. The standard InChI is InChI=1S/C13H9ClF2N2O/c14-9-5-7(1-4-12(9)17)13(19)18-8-2-3-10(15)11(16)6-8/h1-6H,17H2,(H,18,19). The Hall–Kier alpha value is -2.14. The maximum atomic E-state index is 13.0. The lowest BCUT2D eigenvalue weighted by Crippen LogP contribution is -2.12. The van der Waals surface area contributed by atoms with Crippen LogP contribution >= 0.6 is 11.6 Å². The summed E-state index contributed by atoms with van der Waals surface area (Å²) in [5.74, 6) is -2.51. The monoisotopic (exact) mass is 282 g/mol. The Balaban J connectivity index is 2.20. The fraction of sp³-hybridized carbons (Fsp3) is 0. The van der Waals surface area contributed by atoms with E-state index >= 15 is 0 Å². The van der Waals surface area contributed by atoms with E-state index in [-0.39, 0.29) is 16.3 Å². The van der Waals surface area contributed by atoms with Crippen molar-refractivity contribution < 1.29 is 13.6 Å². The summed E-state index contributed by atoms with van der Waals surface area (Å²) in [5, 5.41) is 2.68. The van der Waals surface area contributed by atoms with E-state index in [0.717, 1.165) is 12.1 Å². The zero-order chi connectivity index (χ0) is 14.0. The van der Waals surface area contributed by atoms with Crippen LogP contribution in [0.2, 0.25) is 5.02 Å². The Morgan fingerprint density at radius 2 is 1.84 bits per heavy atom. The molecule has 0 aliphatic carbocycles. The van der Waals surface area contributed by atoms with Crippen molar-refractivity contribution in [1.82, 2.24) is 0 Å². The van der Waals surface area contributed by atoms with E-state index in [4.69, 9.17) is 17.3 Å². The molecule has 0 aliphatic heterocycles. The molecule has 98 valence electrons. The molecule has 0 saturated heterocycles. The van der Waals surface area contributed by atoms with Gasteiger partial charge in [-0.3, -0.25) is 4.79 Å². The Kier molecular flexibility index (Phi) is 3.66. The number of hydrogen-bond donors (Lipinski definition) is 2. The molecule has 0 unspecified atom stereocenters. The maximum Gasteiger partial charge on any atom is 0.255 e. The smallest absolute Gasteiger partial charge is 0.255 e. The molecular formula is C13H9ClF2N2O. The van der Waals surface area contributed by atoms with Crippen molar-refractivity contribution >= 4 is 28.9 Å². The average molecular weight is 283 g/mol. The molecule has 0 radical (unpaired) electrons. The van der Waals surface area contributed by atoms with Crippen LogP contribution in [-0.2, 0) is 0 Å². The van der Waals surface area contributed by atoms with Gasteiger partial charge in [0.05, 0.1) is 10.7 Å². The van der Waals surface area contributed by atoms with Crippen LogP contribution in [-0.4, -0.2) is 5.91 Å². The van der Waals surface area contributed by atoms with Crippen molar-refractivity contribution in [3.8, 4) is 0 Å². The molecule has 6 heteroatoms. The van der Waals surface area contributed by atoms with Gasteiger partial charge in [0, 0.05) is 17.3 Å². The molecule has 0 aromatic heterocycles. The molecule has 0 bridgehead atoms. The SMILES string of the molecule is Nc1ccc(C(=O)Nc2ccc(F)c(F)c2)cc1Cl. The molecular weight excluding hydrogens is 274 g/mol. The first-order valence-electron chi connectivity index (χ1n) is 5.29. The van der Waals surface area contributed by atoms with Crippen molar-refractivity contribution in [3.05, 3.63) is 58.6 Å². The van der Waals surface area contributed by atoms with E-state index in [1.165, 1.54) is 24.3 Å². The summed E-state index contributed by atoms with van der Waals surface area (Å²) in [5.41, 5.74) is 6.29. The van der Waals surface area contributed by atoms with Gasteiger partial charge in [0.2, 0.25) is 0 Å². The van der Waals surface area contributed by atoms with Crippen LogP contribution in [0.3, 0.4) is 0 Å². The molecule has 1 amide bonds. The van der Waals surface area contributed by atoms with Crippen LogP contribution in [0.5, 0.6) is 0 Å². The maximum absolute atomic E-state index is 13.0. The highest BCUT2D eigenvalue weighted by molar-refractivity contribution is 6.33. The van der Waals surface area contributed by atoms with Gasteiger partial charge in [-0.2, -0.15) is 0 Å². The molecule has 0 saturated carbocycles. The zero-order valence-corrected chi connectivity index (χ0v) is 10.3. The third-order valence-corrected chi connectivity index (χ3v) is 2.77. The van der Waals surface area contributed by atoms with Crippen LogP contribution in [0.4, 0.5) is 20.2 Å². The van der Waals surface area contributed by atoms with E-state index in [1.54, 1.807) is 0 Å². The summed E-state index contributed by atoms with van der Waals surface area (Å²) >= 11 is 5.79.